The lowest BCUT2D eigenvalue weighted by Crippen LogP contribution is -2.59. The summed E-state index contributed by atoms with van der Waals surface area (Å²) in [6.45, 7) is 3.82. The minimum Gasteiger partial charge on any atom is -0.379 e. The van der Waals surface area contributed by atoms with Gasteiger partial charge in [-0.15, -0.1) is 0 Å². The number of nitrogens with one attached hydrogen (secondary N) is 2. The molecule has 2 aliphatic rings. The topological polar surface area (TPSA) is 87.7 Å². The molecule has 0 aromatic heterocycles. The summed E-state index contributed by atoms with van der Waals surface area (Å²) in [4.78, 5) is 15.3. The third kappa shape index (κ3) is 5.72. The molecule has 4 rings (SSSR count). The Morgan fingerprint density at radius 3 is 2.24 bits per heavy atom. The average molecular weight is 476 g/mol. The Labute approximate surface area is 194 Å². The van der Waals surface area contributed by atoms with Crippen LogP contribution in [-0.4, -0.2) is 57.6 Å². The van der Waals surface area contributed by atoms with E-state index in [0.29, 0.717) is 17.8 Å². The summed E-state index contributed by atoms with van der Waals surface area (Å²) in [6, 6.07) is 10.9. The van der Waals surface area contributed by atoms with Crippen LogP contribution >= 0.6 is 0 Å². The molecule has 9 heteroatoms. The summed E-state index contributed by atoms with van der Waals surface area (Å²) in [5.41, 5.74) is 0.767. The van der Waals surface area contributed by atoms with Gasteiger partial charge >= 0.3 is 0 Å². The predicted octanol–water partition coefficient (Wildman–Crippen LogP) is 3.39. The normalized spacial score (nSPS) is 19.1. The molecule has 7 nitrogen and oxygen atoms in total. The maximum atomic E-state index is 13.1. The molecular weight excluding hydrogens is 445 g/mol. The number of rotatable bonds is 7. The van der Waals surface area contributed by atoms with Gasteiger partial charge in [0, 0.05) is 36.4 Å². The molecule has 1 saturated heterocycles. The predicted molar refractivity (Wildman–Crippen MR) is 124 cm³/mol. The molecule has 1 heterocycles. The molecule has 0 bridgehead atoms. The fourth-order valence-electron chi connectivity index (χ4n) is 4.72. The third-order valence-corrected chi connectivity index (χ3v) is 7.96. The molecule has 0 spiro atoms. The highest BCUT2D eigenvalue weighted by atomic mass is 32.2. The van der Waals surface area contributed by atoms with Crippen LogP contribution in [0.2, 0.25) is 0 Å². The smallest absolute Gasteiger partial charge is 0.261 e. The molecule has 1 aliphatic carbocycles. The first kappa shape index (κ1) is 23.7. The van der Waals surface area contributed by atoms with Crippen LogP contribution in [0.15, 0.2) is 53.4 Å². The Hall–Kier alpha value is -2.49. The van der Waals surface area contributed by atoms with Crippen LogP contribution in [0.4, 0.5) is 10.1 Å². The Morgan fingerprint density at radius 2 is 1.61 bits per heavy atom. The summed E-state index contributed by atoms with van der Waals surface area (Å²) >= 11 is 0. The number of benzene rings is 2. The molecule has 2 N–H and O–H groups in total. The summed E-state index contributed by atoms with van der Waals surface area (Å²) in [7, 11) is -3.84. The molecule has 33 heavy (non-hydrogen) atoms. The Balaban J connectivity index is 1.39. The SMILES string of the molecule is O=C(NCC1(N2CCOCC2)CCCCC1)c1ccc(NS(=O)(=O)c2ccc(F)cc2)cc1. The summed E-state index contributed by atoms with van der Waals surface area (Å²) < 4.78 is 46.0. The van der Waals surface area contributed by atoms with Gasteiger partial charge in [-0.1, -0.05) is 19.3 Å². The fourth-order valence-corrected chi connectivity index (χ4v) is 5.78. The Kier molecular flexibility index (Phi) is 7.31. The lowest BCUT2D eigenvalue weighted by molar-refractivity contribution is -0.0361. The molecule has 2 aromatic carbocycles. The first-order chi connectivity index (χ1) is 15.9. The number of amides is 1. The zero-order valence-corrected chi connectivity index (χ0v) is 19.4. The molecule has 0 atom stereocenters. The van der Waals surface area contributed by atoms with Gasteiger partial charge in [0.05, 0.1) is 18.1 Å². The number of anilines is 1. The second-order valence-electron chi connectivity index (χ2n) is 8.70. The Bertz CT molecular complexity index is 1050. The van der Waals surface area contributed by atoms with E-state index in [-0.39, 0.29) is 16.3 Å². The minimum atomic E-state index is -3.84. The van der Waals surface area contributed by atoms with Crippen molar-refractivity contribution >= 4 is 21.6 Å². The first-order valence-electron chi connectivity index (χ1n) is 11.4. The van der Waals surface area contributed by atoms with Crippen LogP contribution in [0.1, 0.15) is 42.5 Å². The van der Waals surface area contributed by atoms with Crippen LogP contribution in [0, 0.1) is 5.82 Å². The molecule has 2 fully saturated rings. The second-order valence-corrected chi connectivity index (χ2v) is 10.4. The maximum absolute atomic E-state index is 13.1. The summed E-state index contributed by atoms with van der Waals surface area (Å²) in [5.74, 6) is -0.686. The molecule has 0 radical (unpaired) electrons. The van der Waals surface area contributed by atoms with Crippen LogP contribution in [0.5, 0.6) is 0 Å². The van der Waals surface area contributed by atoms with Crippen molar-refractivity contribution in [3.63, 3.8) is 0 Å². The highest BCUT2D eigenvalue weighted by Crippen LogP contribution is 2.34. The highest BCUT2D eigenvalue weighted by Gasteiger charge is 2.38. The molecule has 0 unspecified atom stereocenters. The van der Waals surface area contributed by atoms with Gasteiger partial charge in [-0.25, -0.2) is 12.8 Å². The monoisotopic (exact) mass is 475 g/mol. The van der Waals surface area contributed by atoms with E-state index in [4.69, 9.17) is 4.74 Å². The van der Waals surface area contributed by atoms with E-state index in [1.165, 1.54) is 18.6 Å². The number of hydrogen-bond acceptors (Lipinski definition) is 5. The zero-order chi connectivity index (χ0) is 23.3. The Morgan fingerprint density at radius 1 is 0.970 bits per heavy atom. The number of nitrogens with zero attached hydrogens (tertiary/aromatic N) is 1. The number of ether oxygens (including phenoxy) is 1. The van der Waals surface area contributed by atoms with Crippen molar-refractivity contribution in [2.75, 3.05) is 37.6 Å². The molecule has 2 aromatic rings. The molecule has 1 amide bonds. The van der Waals surface area contributed by atoms with Gasteiger partial charge in [-0.3, -0.25) is 14.4 Å². The van der Waals surface area contributed by atoms with E-state index in [1.807, 2.05) is 0 Å². The highest BCUT2D eigenvalue weighted by molar-refractivity contribution is 7.92. The number of morpholine rings is 1. The van der Waals surface area contributed by atoms with E-state index in [9.17, 15) is 17.6 Å². The van der Waals surface area contributed by atoms with Gasteiger partial charge < -0.3 is 10.1 Å². The second kappa shape index (κ2) is 10.2. The number of hydrogen-bond donors (Lipinski definition) is 2. The summed E-state index contributed by atoms with van der Waals surface area (Å²) in [5, 5.41) is 3.11. The standard InChI is InChI=1S/C24H30FN3O4S/c25-20-6-10-22(11-7-20)33(30,31)27-21-8-4-19(5-9-21)23(29)26-18-24(12-2-1-3-13-24)28-14-16-32-17-15-28/h4-11,27H,1-3,12-18H2,(H,26,29). The molecular formula is C24H30FN3O4S. The number of carbonyl (C=O) groups excluding carboxylic acids is 1. The number of halogens is 1. The van der Waals surface area contributed by atoms with Gasteiger partial charge in [0.1, 0.15) is 5.82 Å². The lowest BCUT2D eigenvalue weighted by atomic mass is 9.79. The van der Waals surface area contributed by atoms with Gasteiger partial charge in [-0.05, 0) is 61.4 Å². The van der Waals surface area contributed by atoms with E-state index < -0.39 is 15.8 Å². The van der Waals surface area contributed by atoms with E-state index in [0.717, 1.165) is 64.1 Å². The van der Waals surface area contributed by atoms with Gasteiger partial charge in [-0.2, -0.15) is 0 Å². The van der Waals surface area contributed by atoms with Crippen molar-refractivity contribution in [3.05, 3.63) is 59.9 Å². The van der Waals surface area contributed by atoms with Crippen LogP contribution in [-0.2, 0) is 14.8 Å². The molecule has 1 aliphatic heterocycles. The quantitative estimate of drug-likeness (QED) is 0.641. The first-order valence-corrected chi connectivity index (χ1v) is 12.9. The van der Waals surface area contributed by atoms with E-state index in [1.54, 1.807) is 24.3 Å². The van der Waals surface area contributed by atoms with Crippen molar-refractivity contribution in [1.82, 2.24) is 10.2 Å². The zero-order valence-electron chi connectivity index (χ0n) is 18.6. The van der Waals surface area contributed by atoms with Crippen LogP contribution in [0.3, 0.4) is 0 Å². The van der Waals surface area contributed by atoms with Crippen LogP contribution < -0.4 is 10.0 Å². The van der Waals surface area contributed by atoms with Crippen molar-refractivity contribution < 1.29 is 22.3 Å². The minimum absolute atomic E-state index is 0.0254. The van der Waals surface area contributed by atoms with Gasteiger partial charge in [0.2, 0.25) is 0 Å². The molecule has 178 valence electrons. The van der Waals surface area contributed by atoms with Crippen molar-refractivity contribution in [2.45, 2.75) is 42.5 Å². The number of carbonyl (C=O) groups is 1. The van der Waals surface area contributed by atoms with Crippen molar-refractivity contribution in [3.8, 4) is 0 Å². The average Bonchev–Trinajstić information content (AvgIpc) is 2.84. The van der Waals surface area contributed by atoms with Gasteiger partial charge in [0.15, 0.2) is 0 Å². The molecule has 1 saturated carbocycles. The largest absolute Gasteiger partial charge is 0.379 e. The van der Waals surface area contributed by atoms with Crippen molar-refractivity contribution in [1.29, 1.82) is 0 Å². The number of sulfonamides is 1. The lowest BCUT2D eigenvalue weighted by Gasteiger charge is -2.48. The van der Waals surface area contributed by atoms with E-state index >= 15 is 0 Å². The third-order valence-electron chi connectivity index (χ3n) is 6.57. The maximum Gasteiger partial charge on any atom is 0.261 e. The summed E-state index contributed by atoms with van der Waals surface area (Å²) in [6.07, 6.45) is 5.69. The fraction of sp³-hybridized carbons (Fsp3) is 0.458. The van der Waals surface area contributed by atoms with Crippen LogP contribution in [0.25, 0.3) is 0 Å². The van der Waals surface area contributed by atoms with Crippen molar-refractivity contribution in [2.24, 2.45) is 0 Å². The van der Waals surface area contributed by atoms with E-state index in [2.05, 4.69) is 14.9 Å². The van der Waals surface area contributed by atoms with Gasteiger partial charge in [0.25, 0.3) is 15.9 Å².